The van der Waals surface area contributed by atoms with Crippen molar-refractivity contribution in [3.8, 4) is 11.5 Å². The number of nitrogens with zero attached hydrogens (tertiary/aromatic N) is 1. The molecule has 1 aromatic heterocycles. The molecule has 0 aliphatic carbocycles. The zero-order chi connectivity index (χ0) is 15.4. The fourth-order valence-electron chi connectivity index (χ4n) is 2.45. The average molecular weight is 294 g/mol. The van der Waals surface area contributed by atoms with E-state index in [9.17, 15) is 0 Å². The van der Waals surface area contributed by atoms with Gasteiger partial charge in [0.15, 0.2) is 0 Å². The Hall–Kier alpha value is -2.75. The number of hydrogen-bond donors (Lipinski definition) is 1. The van der Waals surface area contributed by atoms with Crippen LogP contribution in [0.1, 0.15) is 5.56 Å². The van der Waals surface area contributed by atoms with Gasteiger partial charge in [0.25, 0.3) is 0 Å². The first-order valence-corrected chi connectivity index (χ1v) is 7.10. The average Bonchev–Trinajstić information content (AvgIpc) is 2.59. The largest absolute Gasteiger partial charge is 0.497 e. The second-order valence-electron chi connectivity index (χ2n) is 4.91. The standard InChI is InChI=1S/C18H18N2O2/c1-21-15-7-8-16-13(11-15)9-10-19-18(16)20-12-14-5-3-4-6-17(14)22-2/h3-11H,12H2,1-2H3,(H,19,20). The summed E-state index contributed by atoms with van der Waals surface area (Å²) in [5.74, 6) is 2.57. The predicted octanol–water partition coefficient (Wildman–Crippen LogP) is 3.86. The zero-order valence-corrected chi connectivity index (χ0v) is 12.7. The minimum atomic E-state index is 0.655. The molecule has 1 heterocycles. The predicted molar refractivity (Wildman–Crippen MR) is 88.6 cm³/mol. The van der Waals surface area contributed by atoms with E-state index in [2.05, 4.69) is 10.3 Å². The van der Waals surface area contributed by atoms with Crippen molar-refractivity contribution in [3.05, 3.63) is 60.3 Å². The van der Waals surface area contributed by atoms with Crippen molar-refractivity contribution in [2.45, 2.75) is 6.54 Å². The summed E-state index contributed by atoms with van der Waals surface area (Å²) in [5.41, 5.74) is 1.09. The van der Waals surface area contributed by atoms with Gasteiger partial charge in [-0.15, -0.1) is 0 Å². The number of pyridine rings is 1. The molecular weight excluding hydrogens is 276 g/mol. The first-order chi connectivity index (χ1) is 10.8. The second kappa shape index (κ2) is 6.35. The van der Waals surface area contributed by atoms with Crippen molar-refractivity contribution in [1.29, 1.82) is 0 Å². The van der Waals surface area contributed by atoms with E-state index in [4.69, 9.17) is 9.47 Å². The molecule has 0 amide bonds. The van der Waals surface area contributed by atoms with Gasteiger partial charge in [-0.1, -0.05) is 18.2 Å². The molecule has 0 unspecified atom stereocenters. The van der Waals surface area contributed by atoms with Crippen molar-refractivity contribution >= 4 is 16.6 Å². The summed E-state index contributed by atoms with van der Waals surface area (Å²) in [5, 5.41) is 5.55. The Morgan fingerprint density at radius 2 is 1.86 bits per heavy atom. The molecule has 0 aliphatic heterocycles. The summed E-state index contributed by atoms with van der Waals surface area (Å²) in [6.07, 6.45) is 1.80. The molecule has 4 heteroatoms. The summed E-state index contributed by atoms with van der Waals surface area (Å²) in [6, 6.07) is 15.9. The van der Waals surface area contributed by atoms with E-state index in [0.717, 1.165) is 33.7 Å². The first-order valence-electron chi connectivity index (χ1n) is 7.10. The van der Waals surface area contributed by atoms with Crippen LogP contribution < -0.4 is 14.8 Å². The number of nitrogens with one attached hydrogen (secondary N) is 1. The van der Waals surface area contributed by atoms with E-state index in [1.807, 2.05) is 48.5 Å². The van der Waals surface area contributed by atoms with Gasteiger partial charge in [0, 0.05) is 23.7 Å². The van der Waals surface area contributed by atoms with E-state index < -0.39 is 0 Å². The van der Waals surface area contributed by atoms with Crippen LogP contribution >= 0.6 is 0 Å². The van der Waals surface area contributed by atoms with Gasteiger partial charge in [-0.2, -0.15) is 0 Å². The molecule has 0 fully saturated rings. The highest BCUT2D eigenvalue weighted by Gasteiger charge is 2.06. The number of hydrogen-bond acceptors (Lipinski definition) is 4. The zero-order valence-electron chi connectivity index (χ0n) is 12.7. The van der Waals surface area contributed by atoms with Crippen LogP contribution in [-0.2, 0) is 6.54 Å². The molecule has 0 saturated carbocycles. The molecule has 0 spiro atoms. The Morgan fingerprint density at radius 3 is 2.68 bits per heavy atom. The summed E-state index contributed by atoms with van der Waals surface area (Å²) in [4.78, 5) is 4.44. The number of ether oxygens (including phenoxy) is 2. The van der Waals surface area contributed by atoms with E-state index in [-0.39, 0.29) is 0 Å². The van der Waals surface area contributed by atoms with E-state index in [0.29, 0.717) is 6.54 Å². The van der Waals surface area contributed by atoms with Crippen LogP contribution in [0.15, 0.2) is 54.7 Å². The van der Waals surface area contributed by atoms with E-state index in [1.165, 1.54) is 0 Å². The van der Waals surface area contributed by atoms with Gasteiger partial charge in [-0.05, 0) is 35.7 Å². The summed E-state index contributed by atoms with van der Waals surface area (Å²) in [7, 11) is 3.35. The summed E-state index contributed by atoms with van der Waals surface area (Å²) < 4.78 is 10.6. The molecule has 0 bridgehead atoms. The molecule has 3 aromatic rings. The molecule has 3 rings (SSSR count). The van der Waals surface area contributed by atoms with Crippen LogP contribution in [0.5, 0.6) is 11.5 Å². The first kappa shape index (κ1) is 14.2. The van der Waals surface area contributed by atoms with Gasteiger partial charge < -0.3 is 14.8 Å². The lowest BCUT2D eigenvalue weighted by atomic mass is 10.1. The van der Waals surface area contributed by atoms with Gasteiger partial charge in [-0.25, -0.2) is 4.98 Å². The third-order valence-corrected chi connectivity index (χ3v) is 3.61. The fraction of sp³-hybridized carbons (Fsp3) is 0.167. The molecule has 0 atom stereocenters. The Labute approximate surface area is 129 Å². The number of methoxy groups -OCH3 is 2. The van der Waals surface area contributed by atoms with Crippen molar-refractivity contribution in [2.75, 3.05) is 19.5 Å². The molecule has 1 N–H and O–H groups in total. The third kappa shape index (κ3) is 2.81. The van der Waals surface area contributed by atoms with Crippen LogP contribution in [-0.4, -0.2) is 19.2 Å². The molecule has 0 aliphatic rings. The van der Waals surface area contributed by atoms with E-state index in [1.54, 1.807) is 20.4 Å². The Balaban J connectivity index is 1.88. The third-order valence-electron chi connectivity index (χ3n) is 3.61. The van der Waals surface area contributed by atoms with Crippen molar-refractivity contribution in [2.24, 2.45) is 0 Å². The monoisotopic (exact) mass is 294 g/mol. The molecule has 0 saturated heterocycles. The lowest BCUT2D eigenvalue weighted by molar-refractivity contribution is 0.410. The van der Waals surface area contributed by atoms with Crippen molar-refractivity contribution in [3.63, 3.8) is 0 Å². The normalized spacial score (nSPS) is 10.5. The highest BCUT2D eigenvalue weighted by Crippen LogP contribution is 2.26. The molecule has 4 nitrogen and oxygen atoms in total. The summed E-state index contributed by atoms with van der Waals surface area (Å²) >= 11 is 0. The number of fused-ring (bicyclic) bond motifs is 1. The van der Waals surface area contributed by atoms with Crippen LogP contribution in [0, 0.1) is 0 Å². The second-order valence-corrected chi connectivity index (χ2v) is 4.91. The highest BCUT2D eigenvalue weighted by atomic mass is 16.5. The fourth-order valence-corrected chi connectivity index (χ4v) is 2.45. The number of benzene rings is 2. The quantitative estimate of drug-likeness (QED) is 0.776. The van der Waals surface area contributed by atoms with Gasteiger partial charge in [-0.3, -0.25) is 0 Å². The maximum atomic E-state index is 5.37. The van der Waals surface area contributed by atoms with Crippen LogP contribution in [0.3, 0.4) is 0 Å². The van der Waals surface area contributed by atoms with Gasteiger partial charge in [0.1, 0.15) is 17.3 Å². The lowest BCUT2D eigenvalue weighted by Crippen LogP contribution is -2.03. The minimum Gasteiger partial charge on any atom is -0.497 e. The highest BCUT2D eigenvalue weighted by molar-refractivity contribution is 5.92. The maximum Gasteiger partial charge on any atom is 0.134 e. The van der Waals surface area contributed by atoms with Gasteiger partial charge in [0.05, 0.1) is 14.2 Å². The topological polar surface area (TPSA) is 43.4 Å². The maximum absolute atomic E-state index is 5.37. The van der Waals surface area contributed by atoms with Crippen LogP contribution in [0.25, 0.3) is 10.8 Å². The molecule has 2 aromatic carbocycles. The van der Waals surface area contributed by atoms with Crippen molar-refractivity contribution < 1.29 is 9.47 Å². The smallest absolute Gasteiger partial charge is 0.134 e. The number of anilines is 1. The van der Waals surface area contributed by atoms with Crippen LogP contribution in [0.4, 0.5) is 5.82 Å². The number of rotatable bonds is 5. The Bertz CT molecular complexity index is 787. The number of aromatic nitrogens is 1. The SMILES string of the molecule is COc1ccc2c(NCc3ccccc3OC)nccc2c1. The molecule has 0 radical (unpaired) electrons. The molecule has 112 valence electrons. The minimum absolute atomic E-state index is 0.655. The molecule has 22 heavy (non-hydrogen) atoms. The van der Waals surface area contributed by atoms with Gasteiger partial charge >= 0.3 is 0 Å². The van der Waals surface area contributed by atoms with Gasteiger partial charge in [0.2, 0.25) is 0 Å². The van der Waals surface area contributed by atoms with E-state index >= 15 is 0 Å². The van der Waals surface area contributed by atoms with Crippen LogP contribution in [0.2, 0.25) is 0 Å². The summed E-state index contributed by atoms with van der Waals surface area (Å²) in [6.45, 7) is 0.655. The number of para-hydroxylation sites is 1. The Morgan fingerprint density at radius 1 is 1.00 bits per heavy atom. The lowest BCUT2D eigenvalue weighted by Gasteiger charge is -2.12. The Kier molecular flexibility index (Phi) is 4.10. The molecular formula is C18H18N2O2. The van der Waals surface area contributed by atoms with Crippen molar-refractivity contribution in [1.82, 2.24) is 4.98 Å².